The molecule has 1 N–H and O–H groups in total. The summed E-state index contributed by atoms with van der Waals surface area (Å²) < 4.78 is 5.30. The minimum Gasteiger partial charge on any atom is -0.507 e. The molecule has 0 bridgehead atoms. The fourth-order valence-corrected chi connectivity index (χ4v) is 2.88. The molecule has 1 aromatic heterocycles. The molecule has 122 valence electrons. The van der Waals surface area contributed by atoms with Gasteiger partial charge in [-0.2, -0.15) is 0 Å². The van der Waals surface area contributed by atoms with E-state index in [1.807, 2.05) is 55.5 Å². The van der Waals surface area contributed by atoms with Crippen molar-refractivity contribution < 1.29 is 9.52 Å². The summed E-state index contributed by atoms with van der Waals surface area (Å²) in [5.41, 5.74) is 2.16. The van der Waals surface area contributed by atoms with E-state index in [4.69, 9.17) is 4.42 Å². The molecule has 4 aromatic rings. The summed E-state index contributed by atoms with van der Waals surface area (Å²) in [6.45, 7) is 1.94. The molecule has 0 fully saturated rings. The molecule has 4 rings (SSSR count). The Morgan fingerprint density at radius 3 is 2.76 bits per heavy atom. The van der Waals surface area contributed by atoms with Crippen LogP contribution in [0.25, 0.3) is 33.7 Å². The third-order valence-electron chi connectivity index (χ3n) is 4.11. The van der Waals surface area contributed by atoms with E-state index in [1.165, 1.54) is 6.08 Å². The van der Waals surface area contributed by atoms with Gasteiger partial charge >= 0.3 is 5.63 Å². The van der Waals surface area contributed by atoms with Gasteiger partial charge in [0.05, 0.1) is 0 Å². The van der Waals surface area contributed by atoms with Gasteiger partial charge in [-0.05, 0) is 35.4 Å². The first-order valence-corrected chi connectivity index (χ1v) is 7.92. The van der Waals surface area contributed by atoms with Gasteiger partial charge in [-0.1, -0.05) is 48.5 Å². The second kappa shape index (κ2) is 5.91. The lowest BCUT2D eigenvalue weighted by Crippen LogP contribution is -2.06. The first kappa shape index (κ1) is 15.1. The first-order chi connectivity index (χ1) is 12.1. The molecule has 0 aliphatic rings. The molecule has 0 atom stereocenters. The Morgan fingerprint density at radius 2 is 1.88 bits per heavy atom. The Morgan fingerprint density at radius 1 is 1.08 bits per heavy atom. The highest BCUT2D eigenvalue weighted by molar-refractivity contribution is 5.95. The van der Waals surface area contributed by atoms with Crippen LogP contribution < -0.4 is 5.63 Å². The number of benzene rings is 3. The predicted octanol–water partition coefficient (Wildman–Crippen LogP) is 4.71. The summed E-state index contributed by atoms with van der Waals surface area (Å²) in [5.74, 6) is -0.0244. The zero-order chi connectivity index (χ0) is 17.4. The van der Waals surface area contributed by atoms with Crippen molar-refractivity contribution >= 4 is 33.7 Å². The zero-order valence-corrected chi connectivity index (χ0v) is 13.6. The Bertz CT molecular complexity index is 1180. The number of fused-ring (bicyclic) bond motifs is 2. The molecule has 3 aromatic carbocycles. The number of aromatic nitrogens is 1. The maximum Gasteiger partial charge on any atom is 0.362 e. The molecule has 4 nitrogen and oxygen atoms in total. The van der Waals surface area contributed by atoms with E-state index in [-0.39, 0.29) is 11.5 Å². The second-order valence-corrected chi connectivity index (χ2v) is 5.91. The van der Waals surface area contributed by atoms with Crippen LogP contribution in [-0.2, 0) is 0 Å². The Labute approximate surface area is 143 Å². The number of aliphatic hydroxyl groups is 1. The Balaban J connectivity index is 1.88. The van der Waals surface area contributed by atoms with Gasteiger partial charge < -0.3 is 9.52 Å². The zero-order valence-electron chi connectivity index (χ0n) is 13.6. The number of hydrogen-bond acceptors (Lipinski definition) is 4. The highest BCUT2D eigenvalue weighted by atomic mass is 16.4. The fraction of sp³-hybridized carbons (Fsp3) is 0.0476. The summed E-state index contributed by atoms with van der Waals surface area (Å²) in [6.07, 6.45) is 1.36. The lowest BCUT2D eigenvalue weighted by molar-refractivity contribution is 0.514. The van der Waals surface area contributed by atoms with Crippen molar-refractivity contribution in [3.05, 3.63) is 87.9 Å². The smallest absolute Gasteiger partial charge is 0.362 e. The quantitative estimate of drug-likeness (QED) is 0.541. The minimum atomic E-state index is -0.580. The number of aryl methyl sites for hydroxylation is 1. The number of aliphatic hydroxyl groups excluding tert-OH is 1. The normalized spacial score (nSPS) is 12.0. The minimum absolute atomic E-state index is 0.0244. The lowest BCUT2D eigenvalue weighted by Gasteiger charge is -2.06. The van der Waals surface area contributed by atoms with Crippen molar-refractivity contribution in [3.63, 3.8) is 0 Å². The molecule has 1 heterocycles. The van der Waals surface area contributed by atoms with Gasteiger partial charge in [0.1, 0.15) is 11.3 Å². The van der Waals surface area contributed by atoms with Gasteiger partial charge in [-0.15, -0.1) is 0 Å². The number of nitrogens with zero attached hydrogens (tertiary/aromatic N) is 1. The monoisotopic (exact) mass is 329 g/mol. The van der Waals surface area contributed by atoms with Crippen LogP contribution >= 0.6 is 0 Å². The van der Waals surface area contributed by atoms with Gasteiger partial charge in [0.25, 0.3) is 0 Å². The van der Waals surface area contributed by atoms with E-state index in [1.54, 1.807) is 12.1 Å². The van der Waals surface area contributed by atoms with Crippen LogP contribution in [0.2, 0.25) is 0 Å². The van der Waals surface area contributed by atoms with E-state index in [9.17, 15) is 9.90 Å². The molecule has 0 amide bonds. The molecule has 0 aliphatic carbocycles. The summed E-state index contributed by atoms with van der Waals surface area (Å²) in [7, 11) is 0. The molecule has 0 spiro atoms. The van der Waals surface area contributed by atoms with E-state index >= 15 is 0 Å². The number of hydrogen-bond donors (Lipinski definition) is 1. The van der Waals surface area contributed by atoms with Gasteiger partial charge in [0.2, 0.25) is 0 Å². The fourth-order valence-electron chi connectivity index (χ4n) is 2.88. The molecule has 0 aliphatic heterocycles. The molecular weight excluding hydrogens is 314 g/mol. The van der Waals surface area contributed by atoms with Crippen molar-refractivity contribution in [2.75, 3.05) is 0 Å². The molecule has 0 radical (unpaired) electrons. The van der Waals surface area contributed by atoms with Crippen LogP contribution in [0.4, 0.5) is 0 Å². The van der Waals surface area contributed by atoms with Crippen LogP contribution in [-0.4, -0.2) is 10.1 Å². The molecule has 25 heavy (non-hydrogen) atoms. The Kier molecular flexibility index (Phi) is 3.58. The summed E-state index contributed by atoms with van der Waals surface area (Å²) in [5, 5.41) is 12.5. The topological polar surface area (TPSA) is 63.3 Å². The van der Waals surface area contributed by atoms with Crippen molar-refractivity contribution in [2.24, 2.45) is 0 Å². The summed E-state index contributed by atoms with van der Waals surface area (Å²) in [4.78, 5) is 16.5. The van der Waals surface area contributed by atoms with Crippen LogP contribution in [0.15, 0.2) is 69.9 Å². The van der Waals surface area contributed by atoms with E-state index < -0.39 is 5.63 Å². The van der Waals surface area contributed by atoms with Gasteiger partial charge in [0, 0.05) is 11.6 Å². The first-order valence-electron chi connectivity index (χ1n) is 7.92. The van der Waals surface area contributed by atoms with Crippen molar-refractivity contribution in [2.45, 2.75) is 6.92 Å². The van der Waals surface area contributed by atoms with Gasteiger partial charge in [0.15, 0.2) is 11.3 Å². The second-order valence-electron chi connectivity index (χ2n) is 5.91. The summed E-state index contributed by atoms with van der Waals surface area (Å²) >= 11 is 0. The molecule has 0 saturated heterocycles. The third kappa shape index (κ3) is 2.78. The van der Waals surface area contributed by atoms with Crippen molar-refractivity contribution in [3.8, 4) is 0 Å². The largest absolute Gasteiger partial charge is 0.507 e. The third-order valence-corrected chi connectivity index (χ3v) is 4.11. The average Bonchev–Trinajstić information content (AvgIpc) is 2.62. The maximum atomic E-state index is 12.2. The standard InChI is InChI=1S/C21H15NO3/c1-13-9-10-20-17(11-13)22-18(21(24)25-20)12-19(23)16-8-4-6-14-5-2-3-7-15(14)16/h2-12,23H,1H3. The van der Waals surface area contributed by atoms with Crippen LogP contribution in [0, 0.1) is 6.92 Å². The predicted molar refractivity (Wildman–Crippen MR) is 99.5 cm³/mol. The van der Waals surface area contributed by atoms with E-state index in [0.717, 1.165) is 16.3 Å². The van der Waals surface area contributed by atoms with Crippen LogP contribution in [0.5, 0.6) is 0 Å². The lowest BCUT2D eigenvalue weighted by atomic mass is 10.0. The molecule has 0 saturated carbocycles. The SMILES string of the molecule is Cc1ccc2oc(=O)c(C=C(O)c3cccc4ccccc34)nc2c1. The molecule has 0 unspecified atom stereocenters. The number of rotatable bonds is 2. The van der Waals surface area contributed by atoms with E-state index in [0.29, 0.717) is 16.7 Å². The van der Waals surface area contributed by atoms with Crippen LogP contribution in [0.1, 0.15) is 16.8 Å². The highest BCUT2D eigenvalue weighted by Crippen LogP contribution is 2.24. The van der Waals surface area contributed by atoms with Crippen molar-refractivity contribution in [1.29, 1.82) is 0 Å². The van der Waals surface area contributed by atoms with Crippen molar-refractivity contribution in [1.82, 2.24) is 4.98 Å². The molecular formula is C21H15NO3. The van der Waals surface area contributed by atoms with E-state index in [2.05, 4.69) is 4.98 Å². The molecule has 4 heteroatoms. The Hall–Kier alpha value is -3.40. The van der Waals surface area contributed by atoms with Gasteiger partial charge in [-0.3, -0.25) is 0 Å². The highest BCUT2D eigenvalue weighted by Gasteiger charge is 2.09. The average molecular weight is 329 g/mol. The maximum absolute atomic E-state index is 12.2. The van der Waals surface area contributed by atoms with Crippen LogP contribution in [0.3, 0.4) is 0 Å². The summed E-state index contributed by atoms with van der Waals surface area (Å²) in [6, 6.07) is 18.8. The van der Waals surface area contributed by atoms with Gasteiger partial charge in [-0.25, -0.2) is 9.78 Å².